The minimum Gasteiger partial charge on any atom is -0.447 e. The number of amides is 2. The van der Waals surface area contributed by atoms with E-state index in [0.717, 1.165) is 19.3 Å². The number of likely N-dealkylation sites (tertiary alicyclic amines) is 1. The zero-order valence-electron chi connectivity index (χ0n) is 11.9. The molecular formula is C13H18N4O3S. The van der Waals surface area contributed by atoms with Gasteiger partial charge >= 0.3 is 6.09 Å². The quantitative estimate of drug-likeness (QED) is 0.843. The molecule has 1 atom stereocenters. The molecule has 2 aliphatic rings. The molecule has 0 bridgehead atoms. The number of hydrogen-bond acceptors (Lipinski definition) is 6. The minimum absolute atomic E-state index is 0.0711. The van der Waals surface area contributed by atoms with E-state index >= 15 is 0 Å². The van der Waals surface area contributed by atoms with Crippen LogP contribution in [0.15, 0.2) is 5.38 Å². The lowest BCUT2D eigenvalue weighted by Gasteiger charge is -2.37. The van der Waals surface area contributed by atoms with Crippen LogP contribution in [0.4, 0.5) is 4.79 Å². The van der Waals surface area contributed by atoms with Gasteiger partial charge in [-0.05, 0) is 30.8 Å². The van der Waals surface area contributed by atoms with Crippen LogP contribution in [0.3, 0.4) is 0 Å². The van der Waals surface area contributed by atoms with Crippen LogP contribution in [0, 0.1) is 0 Å². The largest absolute Gasteiger partial charge is 0.447 e. The Kier molecular flexibility index (Phi) is 4.05. The highest BCUT2D eigenvalue weighted by Gasteiger charge is 2.39. The standard InChI is InChI=1S/C13H18N4O3S/c1-2-9-7-20-13(19)17(9)10-3-5-16(6-4-10)12(18)11-8-21-15-14-11/h8-10H,2-7H2,1H3. The Balaban J connectivity index is 1.60. The maximum Gasteiger partial charge on any atom is 0.410 e. The van der Waals surface area contributed by atoms with Gasteiger partial charge in [0.05, 0.1) is 6.04 Å². The molecule has 0 radical (unpaired) electrons. The van der Waals surface area contributed by atoms with Crippen molar-refractivity contribution in [2.24, 2.45) is 0 Å². The summed E-state index contributed by atoms with van der Waals surface area (Å²) in [6.07, 6.45) is 2.26. The Hall–Kier alpha value is -1.70. The first-order chi connectivity index (χ1) is 10.2. The second-order valence-corrected chi connectivity index (χ2v) is 5.97. The van der Waals surface area contributed by atoms with Gasteiger partial charge < -0.3 is 9.64 Å². The lowest BCUT2D eigenvalue weighted by Crippen LogP contribution is -2.49. The van der Waals surface area contributed by atoms with Gasteiger partial charge in [0.15, 0.2) is 5.69 Å². The van der Waals surface area contributed by atoms with Crippen molar-refractivity contribution in [3.8, 4) is 0 Å². The number of carbonyl (C=O) groups is 2. The molecule has 21 heavy (non-hydrogen) atoms. The number of piperidine rings is 1. The number of rotatable bonds is 3. The van der Waals surface area contributed by atoms with E-state index in [-0.39, 0.29) is 24.1 Å². The van der Waals surface area contributed by atoms with Gasteiger partial charge in [-0.2, -0.15) is 0 Å². The van der Waals surface area contributed by atoms with E-state index in [0.29, 0.717) is 25.4 Å². The molecule has 1 unspecified atom stereocenters. The van der Waals surface area contributed by atoms with Gasteiger partial charge in [0.25, 0.3) is 5.91 Å². The first-order valence-electron chi connectivity index (χ1n) is 7.22. The lowest BCUT2D eigenvalue weighted by atomic mass is 10.0. The molecule has 0 N–H and O–H groups in total. The summed E-state index contributed by atoms with van der Waals surface area (Å²) in [4.78, 5) is 27.7. The van der Waals surface area contributed by atoms with Crippen molar-refractivity contribution >= 4 is 23.5 Å². The maximum atomic E-state index is 12.2. The maximum absolute atomic E-state index is 12.2. The Bertz CT molecular complexity index is 513. The summed E-state index contributed by atoms with van der Waals surface area (Å²) in [6.45, 7) is 3.83. The van der Waals surface area contributed by atoms with E-state index in [4.69, 9.17) is 4.74 Å². The van der Waals surface area contributed by atoms with E-state index in [1.165, 1.54) is 11.5 Å². The molecule has 1 aromatic heterocycles. The zero-order valence-corrected chi connectivity index (χ0v) is 12.7. The first-order valence-corrected chi connectivity index (χ1v) is 8.05. The highest BCUT2D eigenvalue weighted by molar-refractivity contribution is 7.03. The molecule has 0 saturated carbocycles. The fourth-order valence-electron chi connectivity index (χ4n) is 3.00. The summed E-state index contributed by atoms with van der Waals surface area (Å²) in [5.74, 6) is -0.0711. The molecule has 2 fully saturated rings. The van der Waals surface area contributed by atoms with E-state index in [1.807, 2.05) is 4.90 Å². The average Bonchev–Trinajstić information content (AvgIpc) is 3.16. The lowest BCUT2D eigenvalue weighted by molar-refractivity contribution is 0.0630. The molecule has 1 aromatic rings. The Labute approximate surface area is 127 Å². The Morgan fingerprint density at radius 2 is 2.24 bits per heavy atom. The molecule has 3 rings (SSSR count). The average molecular weight is 310 g/mol. The fourth-order valence-corrected chi connectivity index (χ4v) is 3.43. The Morgan fingerprint density at radius 3 is 2.86 bits per heavy atom. The fraction of sp³-hybridized carbons (Fsp3) is 0.692. The topological polar surface area (TPSA) is 75.6 Å². The molecule has 114 valence electrons. The Morgan fingerprint density at radius 1 is 1.48 bits per heavy atom. The summed E-state index contributed by atoms with van der Waals surface area (Å²) in [7, 11) is 0. The van der Waals surface area contributed by atoms with Crippen LogP contribution in [0.25, 0.3) is 0 Å². The van der Waals surface area contributed by atoms with Crippen molar-refractivity contribution in [2.45, 2.75) is 38.3 Å². The van der Waals surface area contributed by atoms with Gasteiger partial charge in [0.1, 0.15) is 6.61 Å². The monoisotopic (exact) mass is 310 g/mol. The summed E-state index contributed by atoms with van der Waals surface area (Å²) in [5, 5.41) is 5.48. The van der Waals surface area contributed by atoms with E-state index in [9.17, 15) is 9.59 Å². The van der Waals surface area contributed by atoms with Crippen molar-refractivity contribution in [3.05, 3.63) is 11.1 Å². The number of hydrogen-bond donors (Lipinski definition) is 0. The molecule has 0 spiro atoms. The van der Waals surface area contributed by atoms with E-state index < -0.39 is 0 Å². The van der Waals surface area contributed by atoms with Crippen LogP contribution in [0.1, 0.15) is 36.7 Å². The number of aromatic nitrogens is 2. The van der Waals surface area contributed by atoms with Crippen LogP contribution < -0.4 is 0 Å². The predicted molar refractivity (Wildman–Crippen MR) is 76.1 cm³/mol. The highest BCUT2D eigenvalue weighted by atomic mass is 32.1. The van der Waals surface area contributed by atoms with Crippen molar-refractivity contribution < 1.29 is 14.3 Å². The van der Waals surface area contributed by atoms with Gasteiger partial charge in [-0.25, -0.2) is 4.79 Å². The minimum atomic E-state index is -0.213. The smallest absolute Gasteiger partial charge is 0.410 e. The van der Waals surface area contributed by atoms with Crippen LogP contribution in [-0.2, 0) is 4.74 Å². The third kappa shape index (κ3) is 2.72. The summed E-state index contributed by atoms with van der Waals surface area (Å²) < 4.78 is 8.87. The molecule has 8 heteroatoms. The molecule has 3 heterocycles. The second kappa shape index (κ2) is 5.97. The van der Waals surface area contributed by atoms with Crippen LogP contribution >= 0.6 is 11.5 Å². The normalized spacial score (nSPS) is 23.5. The summed E-state index contributed by atoms with van der Waals surface area (Å²) in [5.41, 5.74) is 0.408. The number of cyclic esters (lactones) is 1. The number of carbonyl (C=O) groups excluding carboxylic acids is 2. The van der Waals surface area contributed by atoms with Gasteiger partial charge in [-0.1, -0.05) is 11.4 Å². The molecular weight excluding hydrogens is 292 g/mol. The predicted octanol–water partition coefficient (Wildman–Crippen LogP) is 1.37. The van der Waals surface area contributed by atoms with Gasteiger partial charge in [0.2, 0.25) is 0 Å². The SMILES string of the molecule is CCC1COC(=O)N1C1CCN(C(=O)c2csnn2)CC1. The second-order valence-electron chi connectivity index (χ2n) is 5.36. The zero-order chi connectivity index (χ0) is 14.8. The van der Waals surface area contributed by atoms with Crippen molar-refractivity contribution in [2.75, 3.05) is 19.7 Å². The van der Waals surface area contributed by atoms with E-state index in [1.54, 1.807) is 10.3 Å². The third-order valence-electron chi connectivity index (χ3n) is 4.20. The molecule has 2 saturated heterocycles. The molecule has 0 aliphatic carbocycles. The van der Waals surface area contributed by atoms with Crippen LogP contribution in [-0.4, -0.2) is 63.2 Å². The molecule has 7 nitrogen and oxygen atoms in total. The van der Waals surface area contributed by atoms with Crippen molar-refractivity contribution in [1.29, 1.82) is 0 Å². The summed E-state index contributed by atoms with van der Waals surface area (Å²) >= 11 is 1.18. The summed E-state index contributed by atoms with van der Waals surface area (Å²) in [6, 6.07) is 0.343. The van der Waals surface area contributed by atoms with Crippen LogP contribution in [0.2, 0.25) is 0 Å². The third-order valence-corrected chi connectivity index (χ3v) is 4.70. The molecule has 2 amide bonds. The van der Waals surface area contributed by atoms with Gasteiger partial charge in [-0.15, -0.1) is 5.10 Å². The molecule has 2 aliphatic heterocycles. The van der Waals surface area contributed by atoms with Crippen molar-refractivity contribution in [3.63, 3.8) is 0 Å². The number of ether oxygens (including phenoxy) is 1. The van der Waals surface area contributed by atoms with Crippen molar-refractivity contribution in [1.82, 2.24) is 19.4 Å². The molecule has 0 aromatic carbocycles. The van der Waals surface area contributed by atoms with Gasteiger partial charge in [-0.3, -0.25) is 9.69 Å². The number of nitrogens with zero attached hydrogens (tertiary/aromatic N) is 4. The van der Waals surface area contributed by atoms with Gasteiger partial charge in [0, 0.05) is 24.5 Å². The highest BCUT2D eigenvalue weighted by Crippen LogP contribution is 2.25. The van der Waals surface area contributed by atoms with Crippen LogP contribution in [0.5, 0.6) is 0 Å². The first kappa shape index (κ1) is 14.2. The van der Waals surface area contributed by atoms with E-state index in [2.05, 4.69) is 16.5 Å².